The first-order chi connectivity index (χ1) is 26.2. The van der Waals surface area contributed by atoms with E-state index >= 15 is 0 Å². The molecular weight excluding hydrogens is 754 g/mol. The molecule has 0 radical (unpaired) electrons. The van der Waals surface area contributed by atoms with Crippen molar-refractivity contribution in [2.24, 2.45) is 0 Å². The Kier molecular flexibility index (Phi) is 12.8. The number of nitrogens with one attached hydrogen (secondary N) is 1. The van der Waals surface area contributed by atoms with Crippen LogP contribution in [0.25, 0.3) is 0 Å². The lowest BCUT2D eigenvalue weighted by atomic mass is 10.1. The van der Waals surface area contributed by atoms with Gasteiger partial charge in [0.1, 0.15) is 0 Å². The smallest absolute Gasteiger partial charge is 0.379 e. The number of rotatable bonds is 6. The third kappa shape index (κ3) is 10.0. The number of carbonyl (C=O) groups excluding carboxylic acids is 1. The predicted octanol–water partition coefficient (Wildman–Crippen LogP) is 4.64. The standard InChI is InChI=1S/C26H31F3N4O5S.C11H13F3N2/c27-26(28,29)20-1-3-21(4-2-20)30-7-9-32(10-8-30)25(34)23-19-22(39(35,36)33-13-17-38-18-14-33)5-6-24(23)31-11-15-37-16-12-31;12-11(13,14)9-1-3-10(4-2-9)16-7-5-15-6-8-16/h1-6,19H,7-18H2;1-4,15H,5-8H2. The van der Waals surface area contributed by atoms with Crippen LogP contribution >= 0.6 is 0 Å². The molecule has 0 spiro atoms. The van der Waals surface area contributed by atoms with Crippen molar-refractivity contribution in [1.29, 1.82) is 0 Å². The predicted molar refractivity (Wildman–Crippen MR) is 195 cm³/mol. The van der Waals surface area contributed by atoms with E-state index in [-0.39, 0.29) is 23.9 Å². The average Bonchev–Trinajstić information content (AvgIpc) is 3.21. The number of sulfonamides is 1. The third-order valence-electron chi connectivity index (χ3n) is 9.96. The molecule has 4 saturated heterocycles. The van der Waals surface area contributed by atoms with Crippen LogP contribution in [0.2, 0.25) is 0 Å². The van der Waals surface area contributed by atoms with Crippen molar-refractivity contribution in [1.82, 2.24) is 14.5 Å². The van der Waals surface area contributed by atoms with Gasteiger partial charge in [0, 0.05) is 95.6 Å². The summed E-state index contributed by atoms with van der Waals surface area (Å²) in [5, 5.41) is 3.20. The number of piperazine rings is 2. The van der Waals surface area contributed by atoms with E-state index in [0.29, 0.717) is 82.6 Å². The van der Waals surface area contributed by atoms with E-state index in [1.54, 1.807) is 17.0 Å². The molecule has 300 valence electrons. The number of alkyl halides is 6. The molecule has 0 saturated carbocycles. The number of anilines is 3. The highest BCUT2D eigenvalue weighted by atomic mass is 32.2. The second kappa shape index (κ2) is 17.4. The number of morpholine rings is 2. The highest BCUT2D eigenvalue weighted by Gasteiger charge is 2.33. The normalized spacial score (nSPS) is 19.2. The first-order valence-electron chi connectivity index (χ1n) is 18.1. The molecule has 0 aliphatic carbocycles. The van der Waals surface area contributed by atoms with Crippen LogP contribution in [0, 0.1) is 0 Å². The van der Waals surface area contributed by atoms with E-state index in [4.69, 9.17) is 9.47 Å². The van der Waals surface area contributed by atoms with Crippen LogP contribution in [-0.4, -0.2) is 128 Å². The largest absolute Gasteiger partial charge is 0.416 e. The minimum atomic E-state index is -4.40. The Balaban J connectivity index is 0.000000268. The van der Waals surface area contributed by atoms with Crippen molar-refractivity contribution in [2.75, 3.05) is 120 Å². The van der Waals surface area contributed by atoms with Crippen molar-refractivity contribution in [3.8, 4) is 0 Å². The van der Waals surface area contributed by atoms with E-state index in [1.807, 2.05) is 9.80 Å². The van der Waals surface area contributed by atoms with Crippen LogP contribution in [0.5, 0.6) is 0 Å². The number of nitrogens with zero attached hydrogens (tertiary/aromatic N) is 5. The maximum atomic E-state index is 13.8. The zero-order valence-corrected chi connectivity index (χ0v) is 30.9. The van der Waals surface area contributed by atoms with Gasteiger partial charge in [0.2, 0.25) is 10.0 Å². The zero-order valence-electron chi connectivity index (χ0n) is 30.1. The summed E-state index contributed by atoms with van der Waals surface area (Å²) in [7, 11) is -3.80. The van der Waals surface area contributed by atoms with Crippen molar-refractivity contribution >= 4 is 33.0 Å². The summed E-state index contributed by atoms with van der Waals surface area (Å²) < 4.78 is 115. The van der Waals surface area contributed by atoms with Gasteiger partial charge in [-0.3, -0.25) is 4.79 Å². The Morgan fingerprint density at radius 3 is 1.55 bits per heavy atom. The molecule has 1 amide bonds. The van der Waals surface area contributed by atoms with Gasteiger partial charge in [-0.2, -0.15) is 30.6 Å². The van der Waals surface area contributed by atoms with E-state index in [9.17, 15) is 39.6 Å². The lowest BCUT2D eigenvalue weighted by molar-refractivity contribution is -0.138. The molecule has 1 N–H and O–H groups in total. The van der Waals surface area contributed by atoms with E-state index in [1.165, 1.54) is 34.6 Å². The monoisotopic (exact) mass is 798 g/mol. The number of carbonyl (C=O) groups is 1. The number of amides is 1. The molecule has 3 aromatic carbocycles. The maximum absolute atomic E-state index is 13.8. The quantitative estimate of drug-likeness (QED) is 0.358. The third-order valence-corrected chi connectivity index (χ3v) is 11.9. The molecule has 0 unspecified atom stereocenters. The number of hydrogen-bond acceptors (Lipinski definition) is 9. The Hall–Kier alpha value is -4.10. The van der Waals surface area contributed by atoms with Crippen molar-refractivity contribution < 1.29 is 49.0 Å². The second-order valence-electron chi connectivity index (χ2n) is 13.4. The topological polar surface area (TPSA) is 97.9 Å². The van der Waals surface area contributed by atoms with Crippen molar-refractivity contribution in [3.05, 3.63) is 83.4 Å². The fraction of sp³-hybridized carbons (Fsp3) is 0.486. The number of hydrogen-bond donors (Lipinski definition) is 1. The first-order valence-corrected chi connectivity index (χ1v) is 19.5. The average molecular weight is 799 g/mol. The van der Waals surface area contributed by atoms with Crippen molar-refractivity contribution in [2.45, 2.75) is 17.2 Å². The second-order valence-corrected chi connectivity index (χ2v) is 15.3. The summed E-state index contributed by atoms with van der Waals surface area (Å²) in [5.74, 6) is -0.275. The van der Waals surface area contributed by atoms with Crippen LogP contribution in [0.1, 0.15) is 21.5 Å². The van der Waals surface area contributed by atoms with E-state index < -0.39 is 33.5 Å². The van der Waals surface area contributed by atoms with Crippen LogP contribution < -0.4 is 20.0 Å². The van der Waals surface area contributed by atoms with Gasteiger partial charge in [0.25, 0.3) is 5.91 Å². The molecule has 55 heavy (non-hydrogen) atoms. The maximum Gasteiger partial charge on any atom is 0.416 e. The molecule has 0 bridgehead atoms. The van der Waals surface area contributed by atoms with E-state index in [2.05, 4.69) is 10.2 Å². The van der Waals surface area contributed by atoms with Gasteiger partial charge in [-0.05, 0) is 66.7 Å². The van der Waals surface area contributed by atoms with Crippen molar-refractivity contribution in [3.63, 3.8) is 0 Å². The lowest BCUT2D eigenvalue weighted by Crippen LogP contribution is -2.49. The summed E-state index contributed by atoms with van der Waals surface area (Å²) >= 11 is 0. The molecule has 3 aromatic rings. The van der Waals surface area contributed by atoms with Crippen LogP contribution in [0.3, 0.4) is 0 Å². The molecular formula is C37H44F6N6O5S. The fourth-order valence-electron chi connectivity index (χ4n) is 6.85. The molecule has 4 heterocycles. The Morgan fingerprint density at radius 1 is 0.582 bits per heavy atom. The van der Waals surface area contributed by atoms with Gasteiger partial charge < -0.3 is 34.4 Å². The number of halogens is 6. The Bertz CT molecular complexity index is 1840. The minimum Gasteiger partial charge on any atom is -0.379 e. The molecule has 7 rings (SSSR count). The fourth-order valence-corrected chi connectivity index (χ4v) is 8.28. The Morgan fingerprint density at radius 2 is 1.05 bits per heavy atom. The van der Waals surface area contributed by atoms with Gasteiger partial charge in [-0.1, -0.05) is 0 Å². The zero-order chi connectivity index (χ0) is 39.2. The molecule has 0 aromatic heterocycles. The molecule has 4 aliphatic rings. The summed E-state index contributed by atoms with van der Waals surface area (Å²) in [5.41, 5.74) is 1.19. The van der Waals surface area contributed by atoms with Gasteiger partial charge in [0.15, 0.2) is 0 Å². The minimum absolute atomic E-state index is 0.0631. The van der Waals surface area contributed by atoms with E-state index in [0.717, 1.165) is 56.1 Å². The highest BCUT2D eigenvalue weighted by Crippen LogP contribution is 2.33. The molecule has 18 heteroatoms. The SMILES string of the molecule is FC(F)(F)c1ccc(N2CCNCC2)cc1.O=C(c1cc(S(=O)(=O)N2CCOCC2)ccc1N1CCOCC1)N1CCN(c2ccc(C(F)(F)F)cc2)CC1. The summed E-state index contributed by atoms with van der Waals surface area (Å²) in [6.07, 6.45) is -8.65. The summed E-state index contributed by atoms with van der Waals surface area (Å²) in [4.78, 5) is 21.6. The molecule has 4 fully saturated rings. The first kappa shape index (κ1) is 40.6. The summed E-state index contributed by atoms with van der Waals surface area (Å²) in [6, 6.07) is 15.1. The lowest BCUT2D eigenvalue weighted by Gasteiger charge is -2.37. The van der Waals surface area contributed by atoms with Gasteiger partial charge >= 0.3 is 12.4 Å². The van der Waals surface area contributed by atoms with Crippen LogP contribution in [-0.2, 0) is 31.8 Å². The Labute approximate surface area is 316 Å². The molecule has 0 atom stereocenters. The van der Waals surface area contributed by atoms with Crippen LogP contribution in [0.15, 0.2) is 71.6 Å². The van der Waals surface area contributed by atoms with Gasteiger partial charge in [-0.25, -0.2) is 8.42 Å². The summed E-state index contributed by atoms with van der Waals surface area (Å²) in [6.45, 7) is 8.33. The van der Waals surface area contributed by atoms with Crippen LogP contribution in [0.4, 0.5) is 43.4 Å². The van der Waals surface area contributed by atoms with Gasteiger partial charge in [-0.15, -0.1) is 0 Å². The number of ether oxygens (including phenoxy) is 2. The highest BCUT2D eigenvalue weighted by molar-refractivity contribution is 7.89. The molecule has 4 aliphatic heterocycles. The number of benzene rings is 3. The molecule has 11 nitrogen and oxygen atoms in total. The van der Waals surface area contributed by atoms with Gasteiger partial charge in [0.05, 0.1) is 48.0 Å².